The van der Waals surface area contributed by atoms with Crippen LogP contribution in [0.4, 0.5) is 0 Å². The second kappa shape index (κ2) is 12.7. The molecule has 6 heteroatoms. The predicted octanol–water partition coefficient (Wildman–Crippen LogP) is 5.22. The van der Waals surface area contributed by atoms with E-state index in [1.54, 1.807) is 5.56 Å². The third-order valence-electron chi connectivity index (χ3n) is 2.95. The maximum absolute atomic E-state index is 4.92. The minimum Gasteiger partial charge on any atom is -0.747 e. The number of hydrogen-bond donors (Lipinski definition) is 0. The molecule has 0 spiro atoms. The Hall–Kier alpha value is 1.64. The fraction of sp³-hybridized carbons (Fsp3) is 0.545. The number of halogens is 2. The van der Waals surface area contributed by atoms with Gasteiger partial charge in [-0.05, 0) is 0 Å². The van der Waals surface area contributed by atoms with E-state index in [0.717, 1.165) is 9.83 Å². The Bertz CT molecular complexity index is 287. The maximum Gasteiger partial charge on any atom is -0.507 e. The molecular weight excluding hydrogens is 485 g/mol. The van der Waals surface area contributed by atoms with E-state index in [1.165, 1.54) is 28.7 Å². The molecule has 103 valence electrons. The van der Waals surface area contributed by atoms with E-state index in [2.05, 4.69) is 57.9 Å². The number of rotatable bonds is 1. The van der Waals surface area contributed by atoms with Crippen LogP contribution in [0.1, 0.15) is 34.7 Å². The largest absolute Gasteiger partial charge is 0.747 e. The van der Waals surface area contributed by atoms with Crippen LogP contribution >= 0.6 is 28.9 Å². The molecule has 17 heavy (non-hydrogen) atoms. The van der Waals surface area contributed by atoms with Crippen LogP contribution in [0.3, 0.4) is 0 Å². The molecule has 0 bridgehead atoms. The zero-order chi connectivity index (χ0) is 14.0. The van der Waals surface area contributed by atoms with Crippen LogP contribution in [0.5, 0.6) is 0 Å². The first-order chi connectivity index (χ1) is 7.92. The van der Waals surface area contributed by atoms with Crippen LogP contribution in [0, 0.1) is 27.7 Å². The summed E-state index contributed by atoms with van der Waals surface area (Å²) in [5.74, 6) is 0. The van der Waals surface area contributed by atoms with Crippen molar-refractivity contribution in [3.8, 4) is 0 Å². The van der Waals surface area contributed by atoms with E-state index in [4.69, 9.17) is 19.1 Å². The van der Waals surface area contributed by atoms with Crippen LogP contribution < -0.4 is 0 Å². The summed E-state index contributed by atoms with van der Waals surface area (Å²) in [4.78, 5) is 0. The van der Waals surface area contributed by atoms with E-state index < -0.39 is 15.9 Å². The molecule has 0 N–H and O–H groups in total. The quantitative estimate of drug-likeness (QED) is 0.294. The molecule has 0 aliphatic rings. The molecule has 0 unspecified atom stereocenters. The van der Waals surface area contributed by atoms with Crippen LogP contribution in [-0.2, 0) is 45.7 Å². The van der Waals surface area contributed by atoms with Gasteiger partial charge in [-0.3, -0.25) is 0 Å². The molecule has 0 saturated heterocycles. The fourth-order valence-corrected chi connectivity index (χ4v) is 1.83. The first-order valence-corrected chi connectivity index (χ1v) is 14.3. The average molecular weight is 503 g/mol. The first-order valence-electron chi connectivity index (χ1n) is 4.93. The third kappa shape index (κ3) is 7.72. The molecule has 0 aromatic heterocycles. The summed E-state index contributed by atoms with van der Waals surface area (Å²) in [6, 6.07) is 0. The summed E-state index contributed by atoms with van der Waals surface area (Å²) >= 11 is 7.53. The molecule has 0 radical (unpaired) electrons. The predicted molar refractivity (Wildman–Crippen MR) is 84.4 cm³/mol. The molecule has 1 rings (SSSR count). The van der Waals surface area contributed by atoms with Crippen molar-refractivity contribution in [1.82, 2.24) is 0 Å². The third-order valence-corrected chi connectivity index (χ3v) is 2.95. The van der Waals surface area contributed by atoms with Crippen LogP contribution in [-0.4, -0.2) is 0 Å². The van der Waals surface area contributed by atoms with Gasteiger partial charge in [0.05, 0.1) is 0 Å². The molecule has 0 nitrogen and oxygen atoms in total. The van der Waals surface area contributed by atoms with Gasteiger partial charge in [0.2, 0.25) is 0 Å². The maximum atomic E-state index is 4.92. The van der Waals surface area contributed by atoms with E-state index in [0.29, 0.717) is 0 Å². The molecule has 1 aromatic rings. The van der Waals surface area contributed by atoms with Crippen molar-refractivity contribution < 1.29 is 15.9 Å². The summed E-state index contributed by atoms with van der Waals surface area (Å²) in [5, 5.41) is 0. The Morgan fingerprint density at radius 3 is 1.41 bits per heavy atom. The Morgan fingerprint density at radius 2 is 1.29 bits per heavy atom. The SMILES string of the molecule is CC[c-]1c(C)c(C)c(C)c1C.[Cl][Re][Cl].[S-]S[S-]. The van der Waals surface area contributed by atoms with Gasteiger partial charge in [0.1, 0.15) is 0 Å². The minimum atomic E-state index is -0.722. The molecular formula is C11H17Cl2ReS3-3. The number of hydrogen-bond acceptors (Lipinski definition) is 3. The van der Waals surface area contributed by atoms with Crippen LogP contribution in [0.2, 0.25) is 0 Å². The van der Waals surface area contributed by atoms with E-state index in [9.17, 15) is 0 Å². The summed E-state index contributed by atoms with van der Waals surface area (Å²) in [7, 11) is 10.7. The van der Waals surface area contributed by atoms with E-state index in [-0.39, 0.29) is 0 Å². The van der Waals surface area contributed by atoms with Gasteiger partial charge in [-0.15, -0.1) is 0 Å². The van der Waals surface area contributed by atoms with E-state index >= 15 is 0 Å². The van der Waals surface area contributed by atoms with Gasteiger partial charge >= 0.3 is 35.0 Å². The van der Waals surface area contributed by atoms with Gasteiger partial charge in [-0.2, -0.15) is 27.8 Å². The molecule has 1 aromatic carbocycles. The Morgan fingerprint density at radius 1 is 1.06 bits per heavy atom. The monoisotopic (exact) mass is 502 g/mol. The van der Waals surface area contributed by atoms with Crippen molar-refractivity contribution in [1.29, 1.82) is 0 Å². The van der Waals surface area contributed by atoms with Crippen molar-refractivity contribution in [3.05, 3.63) is 27.8 Å². The minimum absolute atomic E-state index is 0.722. The van der Waals surface area contributed by atoms with Crippen molar-refractivity contribution >= 4 is 52.2 Å². The summed E-state index contributed by atoms with van der Waals surface area (Å²) in [5.41, 5.74) is 7.53. The second-order valence-corrected chi connectivity index (χ2v) is 9.15. The molecule has 0 saturated carbocycles. The van der Waals surface area contributed by atoms with E-state index in [1.807, 2.05) is 0 Å². The molecule has 0 aliphatic carbocycles. The zero-order valence-electron chi connectivity index (χ0n) is 10.6. The zero-order valence-corrected chi connectivity index (χ0v) is 17.2. The summed E-state index contributed by atoms with van der Waals surface area (Å²) in [6.07, 6.45) is 1.17. The Kier molecular flexibility index (Phi) is 15.6. The van der Waals surface area contributed by atoms with Gasteiger partial charge in [-0.1, -0.05) is 41.0 Å². The van der Waals surface area contributed by atoms with Crippen molar-refractivity contribution in [2.24, 2.45) is 0 Å². The molecule has 0 atom stereocenters. The first kappa shape index (κ1) is 20.9. The molecule has 0 fully saturated rings. The topological polar surface area (TPSA) is 0 Å². The van der Waals surface area contributed by atoms with Gasteiger partial charge in [0, 0.05) is 0 Å². The van der Waals surface area contributed by atoms with Crippen LogP contribution in [0.25, 0.3) is 0 Å². The molecule has 0 aliphatic heterocycles. The molecule has 0 heterocycles. The van der Waals surface area contributed by atoms with Crippen LogP contribution in [0.15, 0.2) is 0 Å². The normalized spacial score (nSPS) is 9.00. The van der Waals surface area contributed by atoms with Crippen molar-refractivity contribution in [3.63, 3.8) is 0 Å². The average Bonchev–Trinajstić information content (AvgIpc) is 2.46. The standard InChI is InChI=1S/C11H17.2ClH.Re.H2S3/c1-6-11-9(4)7(2)8(3)10(11)5;;;;1-3-2/h6H2,1-5H3;2*1H;;1-2H/q-1;;;+2;/p-4. The fourth-order valence-electron chi connectivity index (χ4n) is 1.83. The summed E-state index contributed by atoms with van der Waals surface area (Å²) in [6.45, 7) is 11.1. The van der Waals surface area contributed by atoms with Gasteiger partial charge in [0.25, 0.3) is 0 Å². The summed E-state index contributed by atoms with van der Waals surface area (Å²) < 4.78 is 0. The second-order valence-electron chi connectivity index (χ2n) is 3.45. The smallest absolute Gasteiger partial charge is 0.507 e. The van der Waals surface area contributed by atoms with Gasteiger partial charge < -0.3 is 33.1 Å². The Labute approximate surface area is 136 Å². The Balaban J connectivity index is 0. The van der Waals surface area contributed by atoms with Gasteiger partial charge in [-0.25, -0.2) is 0 Å². The van der Waals surface area contributed by atoms with Gasteiger partial charge in [0.15, 0.2) is 0 Å². The molecule has 0 amide bonds. The van der Waals surface area contributed by atoms with Crippen molar-refractivity contribution in [2.45, 2.75) is 41.0 Å². The van der Waals surface area contributed by atoms with Crippen molar-refractivity contribution in [2.75, 3.05) is 0 Å².